The Balaban J connectivity index is 1.31. The van der Waals surface area contributed by atoms with Crippen molar-refractivity contribution in [3.05, 3.63) is 24.3 Å². The van der Waals surface area contributed by atoms with Crippen LogP contribution in [0.1, 0.15) is 38.5 Å². The van der Waals surface area contributed by atoms with Crippen molar-refractivity contribution < 1.29 is 14.3 Å². The van der Waals surface area contributed by atoms with E-state index in [0.717, 1.165) is 42.8 Å². The normalized spacial score (nSPS) is 40.0. The van der Waals surface area contributed by atoms with E-state index in [-0.39, 0.29) is 11.4 Å². The van der Waals surface area contributed by atoms with E-state index in [1.54, 1.807) is 0 Å². The lowest BCUT2D eigenvalue weighted by atomic mass is 9.53. The van der Waals surface area contributed by atoms with Crippen LogP contribution in [0.5, 0.6) is 11.5 Å². The molecule has 1 heterocycles. The lowest BCUT2D eigenvalue weighted by molar-refractivity contribution is -0.136. The molecule has 1 amide bonds. The highest BCUT2D eigenvalue weighted by molar-refractivity contribution is 5.82. The first kappa shape index (κ1) is 13.7. The predicted octanol–water partition coefficient (Wildman–Crippen LogP) is 2.91. The molecule has 1 atom stereocenters. The van der Waals surface area contributed by atoms with Crippen LogP contribution in [-0.4, -0.2) is 24.2 Å². The molecule has 0 radical (unpaired) electrons. The van der Waals surface area contributed by atoms with Gasteiger partial charge in [0.25, 0.3) is 5.91 Å². The number of amides is 1. The van der Waals surface area contributed by atoms with Crippen LogP contribution < -0.4 is 14.8 Å². The highest BCUT2D eigenvalue weighted by Gasteiger charge is 2.52. The first-order valence-corrected chi connectivity index (χ1v) is 8.90. The summed E-state index contributed by atoms with van der Waals surface area (Å²) < 4.78 is 11.6. The number of ether oxygens (including phenoxy) is 2. The molecule has 4 saturated carbocycles. The molecule has 4 bridgehead atoms. The second-order valence-corrected chi connectivity index (χ2v) is 8.05. The molecule has 1 aromatic rings. The number of hydrogen-bond donors (Lipinski definition) is 1. The molecule has 122 valence electrons. The first-order valence-electron chi connectivity index (χ1n) is 8.90. The van der Waals surface area contributed by atoms with Crippen molar-refractivity contribution in [1.82, 2.24) is 5.32 Å². The smallest absolute Gasteiger partial charge is 0.265 e. The van der Waals surface area contributed by atoms with E-state index in [2.05, 4.69) is 5.32 Å². The number of hydrogen-bond acceptors (Lipinski definition) is 3. The molecule has 6 rings (SSSR count). The van der Waals surface area contributed by atoms with Crippen molar-refractivity contribution in [2.24, 2.45) is 17.8 Å². The summed E-state index contributed by atoms with van der Waals surface area (Å²) in [6.45, 7) is 0.301. The van der Waals surface area contributed by atoms with E-state index in [4.69, 9.17) is 9.47 Å². The fourth-order valence-electron chi connectivity index (χ4n) is 5.75. The zero-order chi connectivity index (χ0) is 15.4. The molecule has 1 unspecified atom stereocenters. The number of benzene rings is 1. The summed E-state index contributed by atoms with van der Waals surface area (Å²) in [6.07, 6.45) is 7.10. The Kier molecular flexibility index (Phi) is 2.91. The van der Waals surface area contributed by atoms with Gasteiger partial charge in [0, 0.05) is 5.54 Å². The van der Waals surface area contributed by atoms with E-state index in [1.807, 2.05) is 24.3 Å². The summed E-state index contributed by atoms with van der Waals surface area (Å²) in [4.78, 5) is 12.8. The van der Waals surface area contributed by atoms with Crippen molar-refractivity contribution >= 4 is 5.91 Å². The molecule has 1 aromatic carbocycles. The number of para-hydroxylation sites is 2. The third kappa shape index (κ3) is 2.30. The van der Waals surface area contributed by atoms with Gasteiger partial charge >= 0.3 is 0 Å². The second kappa shape index (κ2) is 4.89. The van der Waals surface area contributed by atoms with Crippen molar-refractivity contribution in [2.75, 3.05) is 6.61 Å². The Labute approximate surface area is 136 Å². The van der Waals surface area contributed by atoms with E-state index in [1.165, 1.54) is 19.3 Å². The molecule has 4 nitrogen and oxygen atoms in total. The van der Waals surface area contributed by atoms with Gasteiger partial charge in [0.2, 0.25) is 6.10 Å². The van der Waals surface area contributed by atoms with Gasteiger partial charge in [-0.3, -0.25) is 4.79 Å². The third-order valence-corrected chi connectivity index (χ3v) is 6.23. The molecule has 0 aromatic heterocycles. The van der Waals surface area contributed by atoms with E-state index < -0.39 is 6.10 Å². The molecule has 1 N–H and O–H groups in total. The molecular formula is C19H23NO3. The van der Waals surface area contributed by atoms with Crippen LogP contribution in [0, 0.1) is 17.8 Å². The minimum absolute atomic E-state index is 0.00135. The minimum atomic E-state index is -0.530. The Bertz CT molecular complexity index is 606. The minimum Gasteiger partial charge on any atom is -0.485 e. The number of fused-ring (bicyclic) bond motifs is 1. The maximum absolute atomic E-state index is 12.8. The van der Waals surface area contributed by atoms with Gasteiger partial charge in [-0.25, -0.2) is 0 Å². The van der Waals surface area contributed by atoms with Crippen LogP contribution in [0.2, 0.25) is 0 Å². The topological polar surface area (TPSA) is 47.6 Å². The van der Waals surface area contributed by atoms with Gasteiger partial charge in [-0.2, -0.15) is 0 Å². The fraction of sp³-hybridized carbons (Fsp3) is 0.632. The van der Waals surface area contributed by atoms with E-state index in [0.29, 0.717) is 12.4 Å². The molecular weight excluding hydrogens is 290 g/mol. The zero-order valence-electron chi connectivity index (χ0n) is 13.3. The van der Waals surface area contributed by atoms with Crippen molar-refractivity contribution in [1.29, 1.82) is 0 Å². The molecule has 23 heavy (non-hydrogen) atoms. The lowest BCUT2D eigenvalue weighted by Crippen LogP contribution is -2.62. The van der Waals surface area contributed by atoms with Gasteiger partial charge in [-0.15, -0.1) is 0 Å². The summed E-state index contributed by atoms with van der Waals surface area (Å²) >= 11 is 0. The lowest BCUT2D eigenvalue weighted by Gasteiger charge is -2.57. The predicted molar refractivity (Wildman–Crippen MR) is 85.4 cm³/mol. The van der Waals surface area contributed by atoms with Gasteiger partial charge in [0.15, 0.2) is 11.5 Å². The fourth-order valence-corrected chi connectivity index (χ4v) is 5.75. The SMILES string of the molecule is O=C(NC12CC3CC(CC(C3)C1)C2)C1COc2ccccc2O1. The van der Waals surface area contributed by atoms with Gasteiger partial charge in [0.1, 0.15) is 6.61 Å². The number of nitrogens with one attached hydrogen (secondary N) is 1. The standard InChI is InChI=1S/C19H23NO3/c21-18(17-11-22-15-3-1-2-4-16(15)23-17)20-19-8-12-5-13(9-19)7-14(6-12)10-19/h1-4,12-14,17H,5-11H2,(H,20,21). The zero-order valence-corrected chi connectivity index (χ0v) is 13.3. The van der Waals surface area contributed by atoms with Crippen LogP contribution in [0.3, 0.4) is 0 Å². The van der Waals surface area contributed by atoms with E-state index in [9.17, 15) is 4.79 Å². The Hall–Kier alpha value is -1.71. The van der Waals surface area contributed by atoms with Gasteiger partial charge < -0.3 is 14.8 Å². The summed E-state index contributed by atoms with van der Waals surface area (Å²) in [7, 11) is 0. The summed E-state index contributed by atoms with van der Waals surface area (Å²) in [5, 5.41) is 3.38. The average Bonchev–Trinajstić information content (AvgIpc) is 2.52. The summed E-state index contributed by atoms with van der Waals surface area (Å²) in [6, 6.07) is 7.56. The number of carbonyl (C=O) groups is 1. The van der Waals surface area contributed by atoms with E-state index >= 15 is 0 Å². The van der Waals surface area contributed by atoms with Crippen LogP contribution in [0.15, 0.2) is 24.3 Å². The Morgan fingerprint density at radius 1 is 1.00 bits per heavy atom. The highest BCUT2D eigenvalue weighted by Crippen LogP contribution is 2.55. The van der Waals surface area contributed by atoms with Crippen LogP contribution in [-0.2, 0) is 4.79 Å². The molecule has 5 aliphatic rings. The molecule has 4 heteroatoms. The Morgan fingerprint density at radius 3 is 2.26 bits per heavy atom. The average molecular weight is 313 g/mol. The van der Waals surface area contributed by atoms with Crippen LogP contribution in [0.25, 0.3) is 0 Å². The van der Waals surface area contributed by atoms with Crippen molar-refractivity contribution in [3.8, 4) is 11.5 Å². The monoisotopic (exact) mass is 313 g/mol. The maximum Gasteiger partial charge on any atom is 0.265 e. The van der Waals surface area contributed by atoms with Crippen LogP contribution in [0.4, 0.5) is 0 Å². The number of carbonyl (C=O) groups excluding carboxylic acids is 1. The van der Waals surface area contributed by atoms with Gasteiger partial charge in [0.05, 0.1) is 0 Å². The molecule has 4 aliphatic carbocycles. The Morgan fingerprint density at radius 2 is 1.61 bits per heavy atom. The highest BCUT2D eigenvalue weighted by atomic mass is 16.6. The molecule has 4 fully saturated rings. The van der Waals surface area contributed by atoms with Gasteiger partial charge in [-0.1, -0.05) is 12.1 Å². The molecule has 0 spiro atoms. The second-order valence-electron chi connectivity index (χ2n) is 8.05. The van der Waals surface area contributed by atoms with Crippen molar-refractivity contribution in [3.63, 3.8) is 0 Å². The van der Waals surface area contributed by atoms with Crippen LogP contribution >= 0.6 is 0 Å². The summed E-state index contributed by atoms with van der Waals surface area (Å²) in [5.41, 5.74) is 0.0339. The third-order valence-electron chi connectivity index (χ3n) is 6.23. The van der Waals surface area contributed by atoms with Gasteiger partial charge in [-0.05, 0) is 68.4 Å². The largest absolute Gasteiger partial charge is 0.485 e. The summed E-state index contributed by atoms with van der Waals surface area (Å²) in [5.74, 6) is 3.87. The molecule has 0 saturated heterocycles. The number of rotatable bonds is 2. The quantitative estimate of drug-likeness (QED) is 0.913. The molecule has 1 aliphatic heterocycles. The maximum atomic E-state index is 12.8. The first-order chi connectivity index (χ1) is 11.2. The van der Waals surface area contributed by atoms with Crippen molar-refractivity contribution in [2.45, 2.75) is 50.2 Å².